The summed E-state index contributed by atoms with van der Waals surface area (Å²) >= 11 is 12.5. The van der Waals surface area contributed by atoms with Crippen molar-refractivity contribution >= 4 is 51.9 Å². The molecule has 1 aromatic heterocycles. The molecule has 1 aliphatic rings. The molecule has 10 heteroatoms. The van der Waals surface area contributed by atoms with E-state index in [2.05, 4.69) is 9.97 Å². The Labute approximate surface area is 181 Å². The summed E-state index contributed by atoms with van der Waals surface area (Å²) in [6, 6.07) is 10.8. The molecule has 4 rings (SSSR count). The number of anilines is 1. The van der Waals surface area contributed by atoms with Crippen LogP contribution in [0.1, 0.15) is 10.6 Å². The molecule has 0 unspecified atom stereocenters. The second-order valence-corrected chi connectivity index (χ2v) is 7.69. The van der Waals surface area contributed by atoms with E-state index < -0.39 is 12.0 Å². The molecular weight excluding hydrogens is 429 g/mol. The van der Waals surface area contributed by atoms with E-state index in [-0.39, 0.29) is 5.82 Å². The lowest BCUT2D eigenvalue weighted by atomic mass is 10.0. The highest BCUT2D eigenvalue weighted by molar-refractivity contribution is 6.34. The lowest BCUT2D eigenvalue weighted by Crippen LogP contribution is -2.48. The molecule has 0 spiro atoms. The first-order valence-electron chi connectivity index (χ1n) is 9.13. The van der Waals surface area contributed by atoms with Crippen LogP contribution in [0.5, 0.6) is 0 Å². The van der Waals surface area contributed by atoms with Crippen molar-refractivity contribution in [3.63, 3.8) is 0 Å². The van der Waals surface area contributed by atoms with Crippen LogP contribution in [-0.2, 0) is 0 Å². The van der Waals surface area contributed by atoms with Crippen molar-refractivity contribution in [3.05, 3.63) is 52.3 Å². The highest BCUT2D eigenvalue weighted by Gasteiger charge is 2.24. The first-order valence-corrected chi connectivity index (χ1v) is 9.89. The molecule has 154 valence electrons. The van der Waals surface area contributed by atoms with Crippen LogP contribution in [-0.4, -0.2) is 58.2 Å². The molecule has 0 radical (unpaired) electrons. The molecule has 2 amide bonds. The number of aromatic nitrogens is 2. The molecule has 30 heavy (non-hydrogen) atoms. The van der Waals surface area contributed by atoms with Crippen LogP contribution < -0.4 is 10.6 Å². The predicted octanol–water partition coefficient (Wildman–Crippen LogP) is 3.50. The lowest BCUT2D eigenvalue weighted by molar-refractivity contribution is 0.0991. The van der Waals surface area contributed by atoms with Crippen LogP contribution in [0, 0.1) is 0 Å². The van der Waals surface area contributed by atoms with Gasteiger partial charge in [-0.3, -0.25) is 4.79 Å². The Morgan fingerprint density at radius 2 is 1.67 bits per heavy atom. The maximum atomic E-state index is 11.8. The fourth-order valence-corrected chi connectivity index (χ4v) is 3.84. The van der Waals surface area contributed by atoms with Gasteiger partial charge in [0, 0.05) is 42.2 Å². The van der Waals surface area contributed by atoms with Crippen molar-refractivity contribution in [1.82, 2.24) is 14.9 Å². The lowest BCUT2D eigenvalue weighted by Gasteiger charge is -2.34. The Morgan fingerprint density at radius 3 is 2.27 bits per heavy atom. The van der Waals surface area contributed by atoms with Crippen LogP contribution in [0.25, 0.3) is 22.0 Å². The Balaban J connectivity index is 1.84. The van der Waals surface area contributed by atoms with Crippen molar-refractivity contribution in [3.8, 4) is 11.1 Å². The van der Waals surface area contributed by atoms with Crippen LogP contribution in [0.3, 0.4) is 0 Å². The summed E-state index contributed by atoms with van der Waals surface area (Å²) in [7, 11) is 0. The zero-order valence-corrected chi connectivity index (χ0v) is 17.2. The van der Waals surface area contributed by atoms with Gasteiger partial charge in [0.2, 0.25) is 5.82 Å². The second kappa shape index (κ2) is 7.97. The van der Waals surface area contributed by atoms with Gasteiger partial charge in [0.1, 0.15) is 5.82 Å². The molecule has 0 bridgehead atoms. The highest BCUT2D eigenvalue weighted by Crippen LogP contribution is 2.35. The Kier molecular flexibility index (Phi) is 5.36. The Morgan fingerprint density at radius 1 is 1.00 bits per heavy atom. The fraction of sp³-hybridized carbons (Fsp3) is 0.200. The number of halogens is 2. The monoisotopic (exact) mass is 445 g/mol. The zero-order chi connectivity index (χ0) is 21.4. The molecule has 1 saturated heterocycles. The van der Waals surface area contributed by atoms with E-state index in [4.69, 9.17) is 28.9 Å². The first-order chi connectivity index (χ1) is 14.3. The van der Waals surface area contributed by atoms with Crippen LogP contribution in [0.4, 0.5) is 10.6 Å². The molecule has 2 heterocycles. The van der Waals surface area contributed by atoms with Gasteiger partial charge in [-0.05, 0) is 29.8 Å². The van der Waals surface area contributed by atoms with Crippen molar-refractivity contribution in [2.75, 3.05) is 31.1 Å². The van der Waals surface area contributed by atoms with E-state index in [1.807, 2.05) is 23.1 Å². The van der Waals surface area contributed by atoms with E-state index in [1.54, 1.807) is 18.2 Å². The number of carboxylic acid groups (broad SMARTS) is 1. The fourth-order valence-electron chi connectivity index (χ4n) is 3.45. The van der Waals surface area contributed by atoms with Gasteiger partial charge in [-0.1, -0.05) is 35.3 Å². The van der Waals surface area contributed by atoms with Gasteiger partial charge in [0.05, 0.1) is 10.5 Å². The number of benzene rings is 2. The van der Waals surface area contributed by atoms with E-state index in [9.17, 15) is 14.7 Å². The molecule has 0 aliphatic carbocycles. The first kappa shape index (κ1) is 20.2. The van der Waals surface area contributed by atoms with Crippen LogP contribution in [0.15, 0.2) is 36.4 Å². The van der Waals surface area contributed by atoms with Gasteiger partial charge in [-0.25, -0.2) is 14.8 Å². The summed E-state index contributed by atoms with van der Waals surface area (Å²) in [4.78, 5) is 34.9. The molecule has 1 fully saturated rings. The summed E-state index contributed by atoms with van der Waals surface area (Å²) < 4.78 is 0. The number of fused-ring (bicyclic) bond motifs is 1. The second-order valence-electron chi connectivity index (χ2n) is 6.85. The summed E-state index contributed by atoms with van der Waals surface area (Å²) in [6.45, 7) is 1.50. The molecule has 3 N–H and O–H groups in total. The average molecular weight is 446 g/mol. The Hall–Kier alpha value is -3.10. The number of rotatable bonds is 3. The van der Waals surface area contributed by atoms with Crippen LogP contribution in [0.2, 0.25) is 10.0 Å². The van der Waals surface area contributed by atoms with E-state index >= 15 is 0 Å². The number of primary amides is 1. The zero-order valence-electron chi connectivity index (χ0n) is 15.7. The largest absolute Gasteiger partial charge is 0.465 e. The standard InChI is InChI=1S/C20H17Cl2N5O3/c21-12-3-1-11(2-4-12)13-9-14-16(10-15(13)22)24-18(17(23)28)25-19(14)26-5-7-27(8-6-26)20(29)30/h1-4,9-10H,5-8H2,(H2,23,28)(H,29,30). The van der Waals surface area contributed by atoms with Gasteiger partial charge in [-0.2, -0.15) is 0 Å². The van der Waals surface area contributed by atoms with Crippen molar-refractivity contribution in [2.24, 2.45) is 5.73 Å². The SMILES string of the molecule is NC(=O)c1nc(N2CCN(C(=O)O)CC2)c2cc(-c3ccc(Cl)cc3)c(Cl)cc2n1. The Bertz CT molecular complexity index is 1150. The molecule has 2 aromatic carbocycles. The summed E-state index contributed by atoms with van der Waals surface area (Å²) in [5.74, 6) is -0.348. The number of nitrogens with zero attached hydrogens (tertiary/aromatic N) is 4. The minimum Gasteiger partial charge on any atom is -0.465 e. The van der Waals surface area contributed by atoms with Gasteiger partial charge in [0.15, 0.2) is 0 Å². The topological polar surface area (TPSA) is 113 Å². The number of piperazine rings is 1. The molecule has 0 saturated carbocycles. The summed E-state index contributed by atoms with van der Waals surface area (Å²) in [6.07, 6.45) is -0.961. The smallest absolute Gasteiger partial charge is 0.407 e. The van der Waals surface area contributed by atoms with Crippen molar-refractivity contribution in [1.29, 1.82) is 0 Å². The number of hydrogen-bond donors (Lipinski definition) is 2. The molecule has 3 aromatic rings. The average Bonchev–Trinajstić information content (AvgIpc) is 2.73. The van der Waals surface area contributed by atoms with E-state index in [0.29, 0.717) is 52.9 Å². The molecular formula is C20H17Cl2N5O3. The van der Waals surface area contributed by atoms with E-state index in [0.717, 1.165) is 11.1 Å². The van der Waals surface area contributed by atoms with Gasteiger partial charge < -0.3 is 20.6 Å². The predicted molar refractivity (Wildman–Crippen MR) is 115 cm³/mol. The van der Waals surface area contributed by atoms with Gasteiger partial charge >= 0.3 is 6.09 Å². The normalized spacial score (nSPS) is 14.2. The number of amides is 2. The number of nitrogens with two attached hydrogens (primary N) is 1. The molecule has 1 aliphatic heterocycles. The third-order valence-electron chi connectivity index (χ3n) is 4.99. The van der Waals surface area contributed by atoms with Crippen molar-refractivity contribution < 1.29 is 14.7 Å². The van der Waals surface area contributed by atoms with Gasteiger partial charge in [0.25, 0.3) is 5.91 Å². The highest BCUT2D eigenvalue weighted by atomic mass is 35.5. The van der Waals surface area contributed by atoms with Crippen LogP contribution >= 0.6 is 23.2 Å². The summed E-state index contributed by atoms with van der Waals surface area (Å²) in [5.41, 5.74) is 7.54. The number of carbonyl (C=O) groups excluding carboxylic acids is 1. The number of carbonyl (C=O) groups is 2. The van der Waals surface area contributed by atoms with Crippen molar-refractivity contribution in [2.45, 2.75) is 0 Å². The molecule has 8 nitrogen and oxygen atoms in total. The quantitative estimate of drug-likeness (QED) is 0.637. The summed E-state index contributed by atoms with van der Waals surface area (Å²) in [5, 5.41) is 11.0. The minimum absolute atomic E-state index is 0.117. The van der Waals surface area contributed by atoms with Gasteiger partial charge in [-0.15, -0.1) is 0 Å². The van der Waals surface area contributed by atoms with E-state index in [1.165, 1.54) is 4.90 Å². The number of hydrogen-bond acceptors (Lipinski definition) is 5. The minimum atomic E-state index is -0.961. The maximum Gasteiger partial charge on any atom is 0.407 e. The third kappa shape index (κ3) is 3.83. The third-order valence-corrected chi connectivity index (χ3v) is 5.55. The molecule has 0 atom stereocenters. The maximum absolute atomic E-state index is 11.8.